The van der Waals surface area contributed by atoms with Crippen molar-refractivity contribution in [1.29, 1.82) is 0 Å². The summed E-state index contributed by atoms with van der Waals surface area (Å²) in [4.78, 5) is 17.5. The highest BCUT2D eigenvalue weighted by atomic mass is 32.2. The summed E-state index contributed by atoms with van der Waals surface area (Å²) in [5, 5.41) is 7.69. The molecule has 0 saturated carbocycles. The van der Waals surface area contributed by atoms with Gasteiger partial charge in [-0.2, -0.15) is 14.1 Å². The molecule has 0 amide bonds. The predicted octanol–water partition coefficient (Wildman–Crippen LogP) is 0.726. The molecule has 0 spiro atoms. The summed E-state index contributed by atoms with van der Waals surface area (Å²) in [7, 11) is -3.31. The van der Waals surface area contributed by atoms with Gasteiger partial charge in [-0.05, 0) is 31.4 Å². The minimum Gasteiger partial charge on any atom is -0.383 e. The smallest absolute Gasteiger partial charge is 0.256 e. The van der Waals surface area contributed by atoms with Crippen molar-refractivity contribution in [2.24, 2.45) is 0 Å². The van der Waals surface area contributed by atoms with Gasteiger partial charge < -0.3 is 11.1 Å². The Morgan fingerprint density at radius 2 is 2.19 bits per heavy atom. The summed E-state index contributed by atoms with van der Waals surface area (Å²) in [6, 6.07) is 1.85. The highest BCUT2D eigenvalue weighted by Crippen LogP contribution is 2.35. The van der Waals surface area contributed by atoms with Crippen LogP contribution in [0.25, 0.3) is 0 Å². The quantitative estimate of drug-likeness (QED) is 0.774. The van der Waals surface area contributed by atoms with E-state index in [4.69, 9.17) is 5.73 Å². The lowest BCUT2D eigenvalue weighted by atomic mass is 9.90. The monoisotopic (exact) mass is 390 g/mol. The molecule has 10 heteroatoms. The molecule has 1 unspecified atom stereocenters. The Morgan fingerprint density at radius 1 is 1.41 bits per heavy atom. The van der Waals surface area contributed by atoms with E-state index in [1.807, 2.05) is 13.0 Å². The lowest BCUT2D eigenvalue weighted by Gasteiger charge is -2.26. The van der Waals surface area contributed by atoms with Crippen LogP contribution in [0, 0.1) is 6.92 Å². The first-order valence-electron chi connectivity index (χ1n) is 8.82. The molecule has 3 N–H and O–H groups in total. The third-order valence-electron chi connectivity index (χ3n) is 5.30. The van der Waals surface area contributed by atoms with E-state index >= 15 is 0 Å². The van der Waals surface area contributed by atoms with Crippen LogP contribution in [0.3, 0.4) is 0 Å². The largest absolute Gasteiger partial charge is 0.383 e. The van der Waals surface area contributed by atoms with Gasteiger partial charge >= 0.3 is 0 Å². The van der Waals surface area contributed by atoms with E-state index in [1.54, 1.807) is 6.20 Å². The number of hydrogen-bond donors (Lipinski definition) is 2. The lowest BCUT2D eigenvalue weighted by Crippen LogP contribution is -2.35. The number of nitrogens with zero attached hydrogens (tertiary/aromatic N) is 4. The van der Waals surface area contributed by atoms with Crippen LogP contribution in [0.2, 0.25) is 0 Å². The Balaban J connectivity index is 1.69. The van der Waals surface area contributed by atoms with Crippen LogP contribution < -0.4 is 11.1 Å². The molecule has 27 heavy (non-hydrogen) atoms. The second-order valence-corrected chi connectivity index (χ2v) is 9.02. The van der Waals surface area contributed by atoms with Gasteiger partial charge in [-0.3, -0.25) is 9.78 Å². The maximum Gasteiger partial charge on any atom is 0.256 e. The highest BCUT2D eigenvalue weighted by molar-refractivity contribution is 7.88. The summed E-state index contributed by atoms with van der Waals surface area (Å²) in [6.45, 7) is 3.06. The number of pyridine rings is 1. The number of carbonyl (C=O) groups excluding carboxylic acids is 1. The Labute approximate surface area is 157 Å². The average Bonchev–Trinajstić information content (AvgIpc) is 2.97. The van der Waals surface area contributed by atoms with Crippen LogP contribution in [-0.2, 0) is 23.0 Å². The first-order chi connectivity index (χ1) is 12.8. The molecule has 0 saturated heterocycles. The molecule has 0 fully saturated rings. The maximum atomic E-state index is 13.2. The second kappa shape index (κ2) is 6.31. The average molecular weight is 390 g/mol. The standard InChI is InChI=1S/C17H22N6O3S/c1-10-15-11(3-6-19-10)12(4-7-20-15)17(24)23-16(18)13-5-8-22(27(2,25)26)9-14(13)21-23/h3,6,12,20H,4-5,7-9,18H2,1-2H3. The van der Waals surface area contributed by atoms with Gasteiger partial charge in [0.2, 0.25) is 10.0 Å². The van der Waals surface area contributed by atoms with E-state index in [-0.39, 0.29) is 18.4 Å². The molecule has 0 aliphatic carbocycles. The van der Waals surface area contributed by atoms with E-state index in [2.05, 4.69) is 15.4 Å². The molecule has 144 valence electrons. The Kier molecular flexibility index (Phi) is 4.19. The molecule has 9 nitrogen and oxygen atoms in total. The molecular formula is C17H22N6O3S. The molecule has 2 aliphatic rings. The third kappa shape index (κ3) is 2.98. The van der Waals surface area contributed by atoms with E-state index in [1.165, 1.54) is 15.2 Å². The van der Waals surface area contributed by atoms with Crippen molar-refractivity contribution >= 4 is 27.4 Å². The Bertz CT molecular complexity index is 1030. The molecule has 4 rings (SSSR count). The highest BCUT2D eigenvalue weighted by Gasteiger charge is 2.34. The number of anilines is 2. The SMILES string of the molecule is Cc1nccc2c1NCCC2C(=O)n1nc2c(c1N)CCN(S(C)(=O)=O)C2. The van der Waals surface area contributed by atoms with Gasteiger partial charge in [-0.1, -0.05) is 0 Å². The molecule has 0 aromatic carbocycles. The number of rotatable bonds is 2. The summed E-state index contributed by atoms with van der Waals surface area (Å²) in [5.74, 6) is -0.243. The normalized spacial score (nSPS) is 19.9. The first-order valence-corrected chi connectivity index (χ1v) is 10.7. The Morgan fingerprint density at radius 3 is 2.93 bits per heavy atom. The zero-order valence-corrected chi connectivity index (χ0v) is 16.1. The molecule has 2 aliphatic heterocycles. The van der Waals surface area contributed by atoms with Crippen LogP contribution in [0.5, 0.6) is 0 Å². The minimum absolute atomic E-state index is 0.143. The zero-order valence-electron chi connectivity index (χ0n) is 15.3. The van der Waals surface area contributed by atoms with Crippen molar-refractivity contribution < 1.29 is 13.2 Å². The molecule has 4 heterocycles. The number of sulfonamides is 1. The molecule has 2 aromatic rings. The number of hydrogen-bond acceptors (Lipinski definition) is 7. The fraction of sp³-hybridized carbons (Fsp3) is 0.471. The van der Waals surface area contributed by atoms with Crippen molar-refractivity contribution in [1.82, 2.24) is 19.1 Å². The number of aryl methyl sites for hydroxylation is 1. The van der Waals surface area contributed by atoms with Crippen LogP contribution in [0.15, 0.2) is 12.3 Å². The van der Waals surface area contributed by atoms with Crippen LogP contribution in [-0.4, -0.2) is 52.7 Å². The van der Waals surface area contributed by atoms with Crippen molar-refractivity contribution in [3.05, 3.63) is 34.8 Å². The number of nitrogen functional groups attached to an aromatic ring is 1. The van der Waals surface area contributed by atoms with Gasteiger partial charge in [0.1, 0.15) is 5.82 Å². The van der Waals surface area contributed by atoms with Crippen LogP contribution in [0.1, 0.15) is 39.6 Å². The molecule has 0 bridgehead atoms. The van der Waals surface area contributed by atoms with Crippen molar-refractivity contribution in [2.45, 2.75) is 32.2 Å². The number of nitrogens with one attached hydrogen (secondary N) is 1. The van der Waals surface area contributed by atoms with Gasteiger partial charge in [0, 0.05) is 24.8 Å². The fourth-order valence-corrected chi connectivity index (χ4v) is 4.63. The lowest BCUT2D eigenvalue weighted by molar-refractivity contribution is 0.0859. The number of nitrogens with two attached hydrogens (primary N) is 1. The van der Waals surface area contributed by atoms with Gasteiger partial charge in [0.05, 0.1) is 35.8 Å². The first kappa shape index (κ1) is 17.9. The van der Waals surface area contributed by atoms with Crippen molar-refractivity contribution in [3.8, 4) is 0 Å². The topological polar surface area (TPSA) is 123 Å². The summed E-state index contributed by atoms with van der Waals surface area (Å²) < 4.78 is 26.2. The second-order valence-electron chi connectivity index (χ2n) is 7.04. The number of aromatic nitrogens is 3. The van der Waals surface area contributed by atoms with Gasteiger partial charge in [0.25, 0.3) is 5.91 Å². The maximum absolute atomic E-state index is 13.2. The van der Waals surface area contributed by atoms with Crippen molar-refractivity contribution in [2.75, 3.05) is 30.4 Å². The summed E-state index contributed by atoms with van der Waals surface area (Å²) >= 11 is 0. The Hall–Kier alpha value is -2.46. The van der Waals surface area contributed by atoms with Crippen LogP contribution in [0.4, 0.5) is 11.5 Å². The van der Waals surface area contributed by atoms with Gasteiger partial charge in [0.15, 0.2) is 0 Å². The third-order valence-corrected chi connectivity index (χ3v) is 6.55. The molecule has 2 aromatic heterocycles. The van der Waals surface area contributed by atoms with E-state index in [0.29, 0.717) is 37.4 Å². The van der Waals surface area contributed by atoms with E-state index < -0.39 is 10.0 Å². The predicted molar refractivity (Wildman–Crippen MR) is 101 cm³/mol. The zero-order chi connectivity index (χ0) is 19.3. The minimum atomic E-state index is -3.31. The number of fused-ring (bicyclic) bond motifs is 2. The van der Waals surface area contributed by atoms with E-state index in [0.717, 1.165) is 22.5 Å². The van der Waals surface area contributed by atoms with E-state index in [9.17, 15) is 13.2 Å². The molecule has 0 radical (unpaired) electrons. The fourth-order valence-electron chi connectivity index (χ4n) is 3.85. The molecule has 1 atom stereocenters. The van der Waals surface area contributed by atoms with Crippen LogP contribution >= 0.6 is 0 Å². The number of carbonyl (C=O) groups is 1. The van der Waals surface area contributed by atoms with Gasteiger partial charge in [-0.15, -0.1) is 0 Å². The van der Waals surface area contributed by atoms with Gasteiger partial charge in [-0.25, -0.2) is 8.42 Å². The summed E-state index contributed by atoms with van der Waals surface area (Å²) in [5.41, 5.74) is 10.2. The van der Waals surface area contributed by atoms with Crippen molar-refractivity contribution in [3.63, 3.8) is 0 Å². The summed E-state index contributed by atoms with van der Waals surface area (Å²) in [6.07, 6.45) is 3.96. The molecular weight excluding hydrogens is 368 g/mol.